The Balaban J connectivity index is 0.000000382. The third-order valence-corrected chi connectivity index (χ3v) is 6.66. The first-order chi connectivity index (χ1) is 17.5. The van der Waals surface area contributed by atoms with E-state index in [0.29, 0.717) is 6.54 Å². The van der Waals surface area contributed by atoms with Crippen LogP contribution in [-0.4, -0.2) is 63.3 Å². The average molecular weight is 562 g/mol. The first kappa shape index (κ1) is 33.8. The number of carbonyl (C=O) groups is 2. The van der Waals surface area contributed by atoms with E-state index in [1.165, 1.54) is 0 Å². The van der Waals surface area contributed by atoms with Gasteiger partial charge in [-0.1, -0.05) is 30.8 Å². The maximum atomic E-state index is 11.8. The Kier molecular flexibility index (Phi) is 13.7. The highest BCUT2D eigenvalue weighted by atomic mass is 32.2. The second-order valence-electron chi connectivity index (χ2n) is 12.0. The van der Waals surface area contributed by atoms with Gasteiger partial charge >= 0.3 is 12.2 Å². The molecular weight excluding hydrogens is 514 g/mol. The van der Waals surface area contributed by atoms with Crippen LogP contribution in [-0.2, 0) is 23.8 Å². The third-order valence-electron chi connectivity index (χ3n) is 6.10. The van der Waals surface area contributed by atoms with Crippen LogP contribution in [0.15, 0.2) is 5.11 Å². The molecule has 0 radical (unpaired) electrons. The van der Waals surface area contributed by atoms with Gasteiger partial charge < -0.3 is 20.1 Å². The Morgan fingerprint density at radius 3 is 1.68 bits per heavy atom. The molecule has 13 heteroatoms. The van der Waals surface area contributed by atoms with Crippen molar-refractivity contribution in [2.75, 3.05) is 19.4 Å². The predicted octanol–water partition coefficient (Wildman–Crippen LogP) is 5.43. The molecule has 12 nitrogen and oxygen atoms in total. The summed E-state index contributed by atoms with van der Waals surface area (Å²) in [6.07, 6.45) is 7.99. The number of alkyl carbamates (subject to hydrolysis) is 2. The van der Waals surface area contributed by atoms with Crippen LogP contribution in [0.1, 0.15) is 92.9 Å². The Bertz CT molecular complexity index is 908. The van der Waals surface area contributed by atoms with E-state index in [1.807, 2.05) is 20.8 Å². The molecule has 0 aliphatic heterocycles. The van der Waals surface area contributed by atoms with E-state index in [9.17, 15) is 18.0 Å². The molecule has 2 rings (SSSR count). The highest BCUT2D eigenvalue weighted by molar-refractivity contribution is 7.85. The first-order valence-electron chi connectivity index (χ1n) is 13.3. The van der Waals surface area contributed by atoms with Crippen molar-refractivity contribution in [2.24, 2.45) is 17.0 Å². The highest BCUT2D eigenvalue weighted by Gasteiger charge is 2.30. The van der Waals surface area contributed by atoms with Gasteiger partial charge in [-0.2, -0.15) is 8.42 Å². The Morgan fingerprint density at radius 2 is 1.26 bits per heavy atom. The fourth-order valence-corrected chi connectivity index (χ4v) is 4.91. The first-order valence-corrected chi connectivity index (χ1v) is 15.1. The van der Waals surface area contributed by atoms with E-state index >= 15 is 0 Å². The lowest BCUT2D eigenvalue weighted by Gasteiger charge is -2.32. The van der Waals surface area contributed by atoms with Gasteiger partial charge in [0, 0.05) is 29.5 Å². The summed E-state index contributed by atoms with van der Waals surface area (Å²) in [5.74, 6) is 0.230. The molecule has 2 saturated carbocycles. The highest BCUT2D eigenvalue weighted by Crippen LogP contribution is 2.26. The van der Waals surface area contributed by atoms with E-state index in [0.717, 1.165) is 57.6 Å². The predicted molar refractivity (Wildman–Crippen MR) is 145 cm³/mol. The molecule has 0 aromatic rings. The summed E-state index contributed by atoms with van der Waals surface area (Å²) in [4.78, 5) is 26.3. The van der Waals surface area contributed by atoms with Crippen molar-refractivity contribution >= 4 is 22.3 Å². The van der Waals surface area contributed by atoms with Gasteiger partial charge in [0.15, 0.2) is 0 Å². The second kappa shape index (κ2) is 15.4. The summed E-state index contributed by atoms with van der Waals surface area (Å²) in [6.45, 7) is 11.5. The summed E-state index contributed by atoms with van der Waals surface area (Å²) >= 11 is 0. The lowest BCUT2D eigenvalue weighted by molar-refractivity contribution is 0.0447. The van der Waals surface area contributed by atoms with Gasteiger partial charge in [0.2, 0.25) is 0 Å². The van der Waals surface area contributed by atoms with Gasteiger partial charge in [0.05, 0.1) is 12.9 Å². The molecule has 2 amide bonds. The largest absolute Gasteiger partial charge is 0.444 e. The van der Waals surface area contributed by atoms with E-state index < -0.39 is 27.4 Å². The van der Waals surface area contributed by atoms with Crippen LogP contribution in [0.2, 0.25) is 0 Å². The summed E-state index contributed by atoms with van der Waals surface area (Å²) in [5.41, 5.74) is 7.33. The minimum absolute atomic E-state index is 0.00555. The molecule has 0 aromatic heterocycles. The Hall–Kier alpha value is -2.24. The van der Waals surface area contributed by atoms with E-state index in [4.69, 9.17) is 19.2 Å². The molecule has 2 N–H and O–H groups in total. The molecule has 4 atom stereocenters. The standard InChI is InChI=1S/C13H25NO5S.C12H22N4O2/c1-13(2,3)19-12(15)14-11-8-6-5-7-10(11)9-18-20(4,16)17;1-12(2,3)18-11(17)15-10-7-5-4-6-9(10)8-14-16-13/h10-11H,5-9H2,1-4H3,(H,14,15);9-10H,4-8H2,1-3H3,(H,15,17)/t10-,11+;9-,10+/m11/s1. The summed E-state index contributed by atoms with van der Waals surface area (Å²) in [7, 11) is -3.45. The quantitative estimate of drug-likeness (QED) is 0.181. The van der Waals surface area contributed by atoms with E-state index in [2.05, 4.69) is 20.7 Å². The van der Waals surface area contributed by atoms with Crippen LogP contribution in [0.4, 0.5) is 9.59 Å². The van der Waals surface area contributed by atoms with Crippen LogP contribution in [0.5, 0.6) is 0 Å². The van der Waals surface area contributed by atoms with Gasteiger partial charge in [-0.05, 0) is 78.7 Å². The van der Waals surface area contributed by atoms with Crippen molar-refractivity contribution < 1.29 is 31.7 Å². The minimum Gasteiger partial charge on any atom is -0.444 e. The Morgan fingerprint density at radius 1 is 0.842 bits per heavy atom. The minimum atomic E-state index is -3.45. The molecule has 0 unspecified atom stereocenters. The average Bonchev–Trinajstić information content (AvgIpc) is 2.75. The molecule has 0 saturated heterocycles. The van der Waals surface area contributed by atoms with Crippen molar-refractivity contribution in [3.8, 4) is 0 Å². The van der Waals surface area contributed by atoms with Crippen LogP contribution in [0.3, 0.4) is 0 Å². The molecule has 38 heavy (non-hydrogen) atoms. The van der Waals surface area contributed by atoms with Crippen molar-refractivity contribution in [1.29, 1.82) is 0 Å². The third kappa shape index (κ3) is 15.9. The molecule has 0 bridgehead atoms. The van der Waals surface area contributed by atoms with Crippen molar-refractivity contribution in [2.45, 2.75) is 116 Å². The van der Waals surface area contributed by atoms with Gasteiger partial charge in [0.25, 0.3) is 10.1 Å². The molecule has 0 spiro atoms. The number of azide groups is 1. The van der Waals surface area contributed by atoms with Gasteiger partial charge in [0.1, 0.15) is 11.2 Å². The number of amides is 2. The molecule has 220 valence electrons. The number of ether oxygens (including phenoxy) is 2. The number of nitrogens with one attached hydrogen (secondary N) is 2. The monoisotopic (exact) mass is 561 g/mol. The fourth-order valence-electron chi connectivity index (χ4n) is 4.48. The topological polar surface area (TPSA) is 169 Å². The number of carbonyl (C=O) groups excluding carboxylic acids is 2. The molecule has 2 aliphatic rings. The van der Waals surface area contributed by atoms with Crippen LogP contribution in [0.25, 0.3) is 10.4 Å². The van der Waals surface area contributed by atoms with E-state index in [-0.39, 0.29) is 36.6 Å². The maximum absolute atomic E-state index is 11.8. The maximum Gasteiger partial charge on any atom is 0.407 e. The molecule has 0 heterocycles. The molecule has 0 aromatic carbocycles. The Labute approximate surface area is 227 Å². The smallest absolute Gasteiger partial charge is 0.407 e. The van der Waals surface area contributed by atoms with Crippen molar-refractivity contribution in [3.63, 3.8) is 0 Å². The zero-order valence-electron chi connectivity index (χ0n) is 24.0. The van der Waals surface area contributed by atoms with Crippen LogP contribution in [0, 0.1) is 11.8 Å². The van der Waals surface area contributed by atoms with E-state index in [1.54, 1.807) is 20.8 Å². The lowest BCUT2D eigenvalue weighted by Crippen LogP contribution is -2.45. The number of rotatable bonds is 7. The van der Waals surface area contributed by atoms with Crippen LogP contribution >= 0.6 is 0 Å². The van der Waals surface area contributed by atoms with Gasteiger partial charge in [-0.15, -0.1) is 0 Å². The normalized spacial score (nSPS) is 24.1. The second-order valence-corrected chi connectivity index (χ2v) is 13.6. The van der Waals surface area contributed by atoms with Gasteiger partial charge in [-0.3, -0.25) is 4.18 Å². The number of nitrogens with zero attached hydrogens (tertiary/aromatic N) is 3. The lowest BCUT2D eigenvalue weighted by atomic mass is 9.84. The summed E-state index contributed by atoms with van der Waals surface area (Å²) in [5, 5.41) is 9.33. The zero-order valence-corrected chi connectivity index (χ0v) is 24.8. The number of hydrogen-bond acceptors (Lipinski definition) is 8. The van der Waals surface area contributed by atoms with Crippen molar-refractivity contribution in [1.82, 2.24) is 10.6 Å². The van der Waals surface area contributed by atoms with Gasteiger partial charge in [-0.25, -0.2) is 9.59 Å². The summed E-state index contributed by atoms with van der Waals surface area (Å²) in [6, 6.07) is -0.0422. The molecule has 2 aliphatic carbocycles. The number of hydrogen-bond donors (Lipinski definition) is 2. The zero-order chi connectivity index (χ0) is 29.0. The van der Waals surface area contributed by atoms with Crippen LogP contribution < -0.4 is 10.6 Å². The summed E-state index contributed by atoms with van der Waals surface area (Å²) < 4.78 is 37.4. The SMILES string of the molecule is CC(C)(C)OC(=O)N[C@H]1CCCC[C@@H]1CN=[N+]=[N-].CC(C)(C)OC(=O)N[C@H]1CCCC[C@@H]1COS(C)(=O)=O. The fraction of sp³-hybridized carbons (Fsp3) is 0.920. The molecule has 2 fully saturated rings. The van der Waals surface area contributed by atoms with Crippen molar-refractivity contribution in [3.05, 3.63) is 10.4 Å². The molecular formula is C25H47N5O7S.